The quantitative estimate of drug-likeness (QED) is 0.493. The number of hydrogen-bond acceptors (Lipinski definition) is 2. The van der Waals surface area contributed by atoms with E-state index in [0.717, 1.165) is 0 Å². The standard InChI is InChI=1S/C9H20NO4P/c1-9(2,3)8(11)10-6-4-5-7-15(12,13)14/h4-7H2,1-3H3,(H,10,11)(H2,12,13,14). The van der Waals surface area contributed by atoms with Crippen LogP contribution in [0.4, 0.5) is 0 Å². The van der Waals surface area contributed by atoms with Crippen molar-refractivity contribution in [3.8, 4) is 0 Å². The summed E-state index contributed by atoms with van der Waals surface area (Å²) in [6.45, 7) is 5.92. The Bertz CT molecular complexity index is 253. The van der Waals surface area contributed by atoms with E-state index in [1.807, 2.05) is 20.8 Å². The summed E-state index contributed by atoms with van der Waals surface area (Å²) in [5, 5.41) is 2.72. The number of amides is 1. The first-order valence-electron chi connectivity index (χ1n) is 4.96. The van der Waals surface area contributed by atoms with Crippen molar-refractivity contribution in [3.63, 3.8) is 0 Å². The van der Waals surface area contributed by atoms with Crippen LogP contribution in [-0.4, -0.2) is 28.4 Å². The smallest absolute Gasteiger partial charge is 0.325 e. The van der Waals surface area contributed by atoms with Gasteiger partial charge in [-0.3, -0.25) is 9.36 Å². The number of hydrogen-bond donors (Lipinski definition) is 3. The van der Waals surface area contributed by atoms with Gasteiger partial charge in [-0.05, 0) is 12.8 Å². The van der Waals surface area contributed by atoms with Crippen molar-refractivity contribution in [2.24, 2.45) is 5.41 Å². The van der Waals surface area contributed by atoms with Crippen LogP contribution in [0.3, 0.4) is 0 Å². The third-order valence-electron chi connectivity index (χ3n) is 1.84. The summed E-state index contributed by atoms with van der Waals surface area (Å²) in [5.74, 6) is -0.0429. The van der Waals surface area contributed by atoms with E-state index in [1.165, 1.54) is 0 Å². The fraction of sp³-hybridized carbons (Fsp3) is 0.889. The summed E-state index contributed by atoms with van der Waals surface area (Å²) in [4.78, 5) is 28.5. The van der Waals surface area contributed by atoms with Crippen molar-refractivity contribution < 1.29 is 19.1 Å². The molecule has 0 rings (SSSR count). The van der Waals surface area contributed by atoms with Crippen molar-refractivity contribution in [2.75, 3.05) is 12.7 Å². The molecule has 0 heterocycles. The molecule has 0 saturated heterocycles. The lowest BCUT2D eigenvalue weighted by Gasteiger charge is -2.17. The lowest BCUT2D eigenvalue weighted by atomic mass is 9.96. The van der Waals surface area contributed by atoms with Crippen molar-refractivity contribution >= 4 is 13.5 Å². The SMILES string of the molecule is CC(C)(C)C(=O)NCCCCP(=O)(O)O. The molecule has 0 aromatic carbocycles. The Kier molecular flexibility index (Phi) is 5.49. The van der Waals surface area contributed by atoms with Crippen LogP contribution in [0.2, 0.25) is 0 Å². The number of carbonyl (C=O) groups is 1. The van der Waals surface area contributed by atoms with Crippen LogP contribution in [0.1, 0.15) is 33.6 Å². The Morgan fingerprint density at radius 1 is 1.27 bits per heavy atom. The molecular weight excluding hydrogens is 217 g/mol. The van der Waals surface area contributed by atoms with Gasteiger partial charge in [0.2, 0.25) is 5.91 Å². The van der Waals surface area contributed by atoms with Gasteiger partial charge in [0.15, 0.2) is 0 Å². The summed E-state index contributed by atoms with van der Waals surface area (Å²) in [6.07, 6.45) is 0.903. The molecule has 0 aliphatic heterocycles. The van der Waals surface area contributed by atoms with Gasteiger partial charge in [-0.15, -0.1) is 0 Å². The van der Waals surface area contributed by atoms with Crippen LogP contribution < -0.4 is 5.32 Å². The van der Waals surface area contributed by atoms with Gasteiger partial charge in [0.1, 0.15) is 0 Å². The normalized spacial score (nSPS) is 12.6. The van der Waals surface area contributed by atoms with Crippen molar-refractivity contribution in [2.45, 2.75) is 33.6 Å². The summed E-state index contributed by atoms with van der Waals surface area (Å²) in [7, 11) is -3.87. The first-order chi connectivity index (χ1) is 6.63. The molecule has 6 heteroatoms. The van der Waals surface area contributed by atoms with Crippen LogP contribution in [0.5, 0.6) is 0 Å². The van der Waals surface area contributed by atoms with Crippen LogP contribution in [-0.2, 0) is 9.36 Å². The number of unbranched alkanes of at least 4 members (excludes halogenated alkanes) is 1. The average molecular weight is 237 g/mol. The second-order valence-electron chi connectivity index (χ2n) is 4.60. The Labute approximate surface area is 90.4 Å². The Balaban J connectivity index is 3.57. The summed E-state index contributed by atoms with van der Waals surface area (Å²) in [5.41, 5.74) is -0.413. The van der Waals surface area contributed by atoms with Crippen LogP contribution in [0.15, 0.2) is 0 Å². The van der Waals surface area contributed by atoms with Crippen molar-refractivity contribution in [1.29, 1.82) is 0 Å². The second kappa shape index (κ2) is 5.64. The Hall–Kier alpha value is -0.380. The number of carbonyl (C=O) groups excluding carboxylic acids is 1. The minimum atomic E-state index is -3.87. The highest BCUT2D eigenvalue weighted by Crippen LogP contribution is 2.35. The third kappa shape index (κ3) is 8.60. The minimum Gasteiger partial charge on any atom is -0.356 e. The molecule has 0 atom stereocenters. The molecule has 0 fully saturated rings. The van der Waals surface area contributed by atoms with Gasteiger partial charge in [0, 0.05) is 18.1 Å². The molecule has 0 radical (unpaired) electrons. The van der Waals surface area contributed by atoms with E-state index >= 15 is 0 Å². The molecule has 0 unspecified atom stereocenters. The molecule has 0 bridgehead atoms. The molecule has 0 spiro atoms. The van der Waals surface area contributed by atoms with E-state index in [4.69, 9.17) is 9.79 Å². The zero-order valence-corrected chi connectivity index (χ0v) is 10.4. The van der Waals surface area contributed by atoms with Crippen LogP contribution in [0, 0.1) is 5.41 Å². The van der Waals surface area contributed by atoms with Gasteiger partial charge < -0.3 is 15.1 Å². The molecule has 15 heavy (non-hydrogen) atoms. The van der Waals surface area contributed by atoms with Gasteiger partial charge >= 0.3 is 7.60 Å². The van der Waals surface area contributed by atoms with E-state index in [9.17, 15) is 9.36 Å². The van der Waals surface area contributed by atoms with E-state index in [0.29, 0.717) is 19.4 Å². The Morgan fingerprint density at radius 3 is 2.20 bits per heavy atom. The summed E-state index contributed by atoms with van der Waals surface area (Å²) < 4.78 is 10.5. The average Bonchev–Trinajstić information content (AvgIpc) is 1.99. The molecule has 0 aliphatic rings. The summed E-state index contributed by atoms with van der Waals surface area (Å²) in [6, 6.07) is 0. The lowest BCUT2D eigenvalue weighted by Crippen LogP contribution is -2.35. The van der Waals surface area contributed by atoms with Crippen LogP contribution in [0.25, 0.3) is 0 Å². The number of rotatable bonds is 5. The highest BCUT2D eigenvalue weighted by Gasteiger charge is 2.20. The van der Waals surface area contributed by atoms with E-state index in [1.54, 1.807) is 0 Å². The van der Waals surface area contributed by atoms with Gasteiger partial charge in [-0.1, -0.05) is 20.8 Å². The molecule has 1 amide bonds. The maximum Gasteiger partial charge on any atom is 0.325 e. The molecule has 3 N–H and O–H groups in total. The fourth-order valence-electron chi connectivity index (χ4n) is 0.910. The predicted octanol–water partition coefficient (Wildman–Crippen LogP) is 1.11. The Morgan fingerprint density at radius 2 is 1.80 bits per heavy atom. The topological polar surface area (TPSA) is 86.6 Å². The van der Waals surface area contributed by atoms with E-state index < -0.39 is 13.0 Å². The second-order valence-corrected chi connectivity index (χ2v) is 6.38. The predicted molar refractivity (Wildman–Crippen MR) is 58.6 cm³/mol. The zero-order valence-electron chi connectivity index (χ0n) is 9.49. The maximum absolute atomic E-state index is 11.4. The molecule has 0 aromatic rings. The van der Waals surface area contributed by atoms with E-state index in [2.05, 4.69) is 5.32 Å². The van der Waals surface area contributed by atoms with Crippen molar-refractivity contribution in [1.82, 2.24) is 5.32 Å². The highest BCUT2D eigenvalue weighted by molar-refractivity contribution is 7.51. The lowest BCUT2D eigenvalue weighted by molar-refractivity contribution is -0.128. The first kappa shape index (κ1) is 14.6. The molecule has 0 aliphatic carbocycles. The molecular formula is C9H20NO4P. The monoisotopic (exact) mass is 237 g/mol. The molecule has 5 nitrogen and oxygen atoms in total. The van der Waals surface area contributed by atoms with Crippen molar-refractivity contribution in [3.05, 3.63) is 0 Å². The minimum absolute atomic E-state index is 0.0429. The van der Waals surface area contributed by atoms with E-state index in [-0.39, 0.29) is 12.1 Å². The van der Waals surface area contributed by atoms with Crippen LogP contribution >= 0.6 is 7.60 Å². The maximum atomic E-state index is 11.4. The third-order valence-corrected chi connectivity index (χ3v) is 2.74. The number of nitrogens with one attached hydrogen (secondary N) is 1. The van der Waals surface area contributed by atoms with Gasteiger partial charge in [-0.2, -0.15) is 0 Å². The summed E-state index contributed by atoms with van der Waals surface area (Å²) >= 11 is 0. The molecule has 90 valence electrons. The molecule has 0 aromatic heterocycles. The molecule has 0 saturated carbocycles. The largest absolute Gasteiger partial charge is 0.356 e. The van der Waals surface area contributed by atoms with Gasteiger partial charge in [0.05, 0.1) is 0 Å². The van der Waals surface area contributed by atoms with Gasteiger partial charge in [0.25, 0.3) is 0 Å². The fourth-order valence-corrected chi connectivity index (χ4v) is 1.55. The van der Waals surface area contributed by atoms with Gasteiger partial charge in [-0.25, -0.2) is 0 Å². The first-order valence-corrected chi connectivity index (χ1v) is 6.75. The zero-order chi connectivity index (χ0) is 12.1. The highest BCUT2D eigenvalue weighted by atomic mass is 31.2.